The Kier molecular flexibility index (Phi) is 7.13. The number of aryl methyl sites for hydroxylation is 1. The zero-order valence-electron chi connectivity index (χ0n) is 13.9. The van der Waals surface area contributed by atoms with Crippen molar-refractivity contribution in [3.05, 3.63) is 29.8 Å². The fraction of sp³-hybridized carbons (Fsp3) is 0.611. The fourth-order valence-corrected chi connectivity index (χ4v) is 3.27. The van der Waals surface area contributed by atoms with E-state index in [-0.39, 0.29) is 0 Å². The summed E-state index contributed by atoms with van der Waals surface area (Å²) < 4.78 is 0. The zero-order chi connectivity index (χ0) is 15.8. The Labute approximate surface area is 140 Å². The molecule has 1 heterocycles. The summed E-state index contributed by atoms with van der Waals surface area (Å²) in [4.78, 5) is 2.53. The lowest BCUT2D eigenvalue weighted by Gasteiger charge is -2.23. The number of nitrogens with one attached hydrogen (secondary N) is 2. The van der Waals surface area contributed by atoms with Gasteiger partial charge in [0.1, 0.15) is 0 Å². The lowest BCUT2D eigenvalue weighted by atomic mass is 10.1. The van der Waals surface area contributed by atoms with Gasteiger partial charge < -0.3 is 10.6 Å². The molecule has 0 radical (unpaired) electrons. The fourth-order valence-electron chi connectivity index (χ4n) is 3.06. The number of rotatable bonds is 7. The first-order valence-electron chi connectivity index (χ1n) is 8.60. The Morgan fingerprint density at radius 3 is 2.73 bits per heavy atom. The summed E-state index contributed by atoms with van der Waals surface area (Å²) in [6.07, 6.45) is 6.23. The van der Waals surface area contributed by atoms with Crippen LogP contribution in [0.2, 0.25) is 0 Å². The molecule has 1 aromatic rings. The minimum absolute atomic E-state index is 0.626. The summed E-state index contributed by atoms with van der Waals surface area (Å²) in [5, 5.41) is 7.37. The first-order valence-corrected chi connectivity index (χ1v) is 9.01. The Hall–Kier alpha value is -1.13. The predicted octanol–water partition coefficient (Wildman–Crippen LogP) is 3.80. The van der Waals surface area contributed by atoms with Crippen LogP contribution in [0.1, 0.15) is 45.1 Å². The molecule has 1 aliphatic rings. The first-order chi connectivity index (χ1) is 10.7. The third-order valence-electron chi connectivity index (χ3n) is 4.43. The van der Waals surface area contributed by atoms with E-state index in [1.165, 1.54) is 37.8 Å². The van der Waals surface area contributed by atoms with Crippen molar-refractivity contribution < 1.29 is 0 Å². The largest absolute Gasteiger partial charge is 0.361 e. The molecule has 1 atom stereocenters. The molecule has 2 rings (SSSR count). The number of unbranched alkanes of at least 4 members (excludes halogenated alkanes) is 1. The normalized spacial score (nSPS) is 18.4. The maximum absolute atomic E-state index is 5.41. The lowest BCUT2D eigenvalue weighted by Crippen LogP contribution is -2.41. The van der Waals surface area contributed by atoms with Gasteiger partial charge in [0.15, 0.2) is 5.11 Å². The van der Waals surface area contributed by atoms with E-state index < -0.39 is 0 Å². The molecule has 1 fully saturated rings. The zero-order valence-corrected chi connectivity index (χ0v) is 14.7. The number of likely N-dealkylation sites (tertiary alicyclic amines) is 1. The highest BCUT2D eigenvalue weighted by atomic mass is 32.1. The van der Waals surface area contributed by atoms with Crippen molar-refractivity contribution in [3.8, 4) is 0 Å². The van der Waals surface area contributed by atoms with Crippen molar-refractivity contribution >= 4 is 23.0 Å². The number of hydrogen-bond acceptors (Lipinski definition) is 2. The van der Waals surface area contributed by atoms with Gasteiger partial charge in [-0.05, 0) is 68.7 Å². The first kappa shape index (κ1) is 17.2. The van der Waals surface area contributed by atoms with E-state index >= 15 is 0 Å². The summed E-state index contributed by atoms with van der Waals surface area (Å²) in [5.41, 5.74) is 2.47. The van der Waals surface area contributed by atoms with E-state index in [2.05, 4.69) is 53.6 Å². The van der Waals surface area contributed by atoms with Crippen LogP contribution in [0.3, 0.4) is 0 Å². The molecular weight excluding hydrogens is 290 g/mol. The van der Waals surface area contributed by atoms with Gasteiger partial charge in [0, 0.05) is 18.3 Å². The van der Waals surface area contributed by atoms with E-state index in [1.807, 2.05) is 0 Å². The Bertz CT molecular complexity index is 458. The summed E-state index contributed by atoms with van der Waals surface area (Å²) >= 11 is 5.41. The molecule has 0 aromatic heterocycles. The molecule has 0 amide bonds. The van der Waals surface area contributed by atoms with E-state index in [0.717, 1.165) is 30.3 Å². The molecule has 0 aliphatic carbocycles. The Morgan fingerprint density at radius 1 is 1.27 bits per heavy atom. The maximum atomic E-state index is 5.41. The van der Waals surface area contributed by atoms with Gasteiger partial charge in [0.05, 0.1) is 0 Å². The molecule has 1 aliphatic heterocycles. The smallest absolute Gasteiger partial charge is 0.170 e. The van der Waals surface area contributed by atoms with Crippen LogP contribution in [0.15, 0.2) is 24.3 Å². The van der Waals surface area contributed by atoms with Gasteiger partial charge in [0.2, 0.25) is 0 Å². The molecule has 4 heteroatoms. The average Bonchev–Trinajstić information content (AvgIpc) is 3.00. The SMILES string of the molecule is CCCCc1ccc(NC(=S)NCC2CCCN2CC)cc1. The second-order valence-electron chi connectivity index (χ2n) is 6.06. The molecule has 22 heavy (non-hydrogen) atoms. The van der Waals surface area contributed by atoms with E-state index in [9.17, 15) is 0 Å². The van der Waals surface area contributed by atoms with Crippen molar-refractivity contribution in [3.63, 3.8) is 0 Å². The van der Waals surface area contributed by atoms with Crippen LogP contribution in [0.25, 0.3) is 0 Å². The number of thiocarbonyl (C=S) groups is 1. The molecule has 0 bridgehead atoms. The van der Waals surface area contributed by atoms with Gasteiger partial charge >= 0.3 is 0 Å². The summed E-state index contributed by atoms with van der Waals surface area (Å²) in [7, 11) is 0. The molecule has 3 nitrogen and oxygen atoms in total. The standard InChI is InChI=1S/C18H29N3S/c1-3-5-7-15-9-11-16(12-10-15)20-18(22)19-14-17-8-6-13-21(17)4-2/h9-12,17H,3-8,13-14H2,1-2H3,(H2,19,20,22). The van der Waals surface area contributed by atoms with Gasteiger partial charge in [-0.25, -0.2) is 0 Å². The third-order valence-corrected chi connectivity index (χ3v) is 4.68. The van der Waals surface area contributed by atoms with Crippen LogP contribution in [-0.2, 0) is 6.42 Å². The second kappa shape index (κ2) is 9.11. The van der Waals surface area contributed by atoms with Crippen LogP contribution >= 0.6 is 12.2 Å². The van der Waals surface area contributed by atoms with Gasteiger partial charge in [-0.15, -0.1) is 0 Å². The van der Waals surface area contributed by atoms with Crippen molar-refractivity contribution in [2.75, 3.05) is 25.0 Å². The van der Waals surface area contributed by atoms with Crippen molar-refractivity contribution in [2.45, 2.75) is 52.0 Å². The van der Waals surface area contributed by atoms with Gasteiger partial charge in [-0.3, -0.25) is 4.90 Å². The van der Waals surface area contributed by atoms with Crippen LogP contribution in [0, 0.1) is 0 Å². The average molecular weight is 320 g/mol. The lowest BCUT2D eigenvalue weighted by molar-refractivity contribution is 0.267. The van der Waals surface area contributed by atoms with Gasteiger partial charge in [0.25, 0.3) is 0 Å². The van der Waals surface area contributed by atoms with Gasteiger partial charge in [-0.2, -0.15) is 0 Å². The number of nitrogens with zero attached hydrogens (tertiary/aromatic N) is 1. The van der Waals surface area contributed by atoms with Crippen LogP contribution < -0.4 is 10.6 Å². The van der Waals surface area contributed by atoms with Crippen molar-refractivity contribution in [2.24, 2.45) is 0 Å². The second-order valence-corrected chi connectivity index (χ2v) is 6.47. The Balaban J connectivity index is 1.74. The Morgan fingerprint density at radius 2 is 2.05 bits per heavy atom. The topological polar surface area (TPSA) is 27.3 Å². The van der Waals surface area contributed by atoms with Crippen LogP contribution in [-0.4, -0.2) is 35.7 Å². The summed E-state index contributed by atoms with van der Waals surface area (Å²) in [5.74, 6) is 0. The minimum Gasteiger partial charge on any atom is -0.361 e. The van der Waals surface area contributed by atoms with E-state index in [4.69, 9.17) is 12.2 Å². The number of hydrogen-bond donors (Lipinski definition) is 2. The maximum Gasteiger partial charge on any atom is 0.170 e. The molecule has 122 valence electrons. The predicted molar refractivity (Wildman–Crippen MR) is 99.5 cm³/mol. The molecule has 2 N–H and O–H groups in total. The van der Waals surface area contributed by atoms with E-state index in [0.29, 0.717) is 6.04 Å². The van der Waals surface area contributed by atoms with Crippen molar-refractivity contribution in [1.82, 2.24) is 10.2 Å². The highest BCUT2D eigenvalue weighted by molar-refractivity contribution is 7.80. The molecule has 1 aromatic carbocycles. The molecular formula is C18H29N3S. The molecule has 0 spiro atoms. The number of anilines is 1. The molecule has 0 saturated carbocycles. The highest BCUT2D eigenvalue weighted by Crippen LogP contribution is 2.16. The van der Waals surface area contributed by atoms with Crippen LogP contribution in [0.5, 0.6) is 0 Å². The van der Waals surface area contributed by atoms with Gasteiger partial charge in [-0.1, -0.05) is 32.4 Å². The number of likely N-dealkylation sites (N-methyl/N-ethyl adjacent to an activating group) is 1. The van der Waals surface area contributed by atoms with E-state index in [1.54, 1.807) is 0 Å². The summed E-state index contributed by atoms with van der Waals surface area (Å²) in [6, 6.07) is 9.24. The van der Waals surface area contributed by atoms with Crippen LogP contribution in [0.4, 0.5) is 5.69 Å². The minimum atomic E-state index is 0.626. The summed E-state index contributed by atoms with van der Waals surface area (Å²) in [6.45, 7) is 7.75. The highest BCUT2D eigenvalue weighted by Gasteiger charge is 2.22. The van der Waals surface area contributed by atoms with Crippen molar-refractivity contribution in [1.29, 1.82) is 0 Å². The quantitative estimate of drug-likeness (QED) is 0.748. The third kappa shape index (κ3) is 5.25. The number of benzene rings is 1. The molecule has 1 saturated heterocycles. The monoisotopic (exact) mass is 319 g/mol. The molecule has 1 unspecified atom stereocenters.